The maximum atomic E-state index is 12.2. The Hall–Kier alpha value is -3.41. The molecule has 162 valence electrons. The molecule has 0 atom stereocenters. The maximum Gasteiger partial charge on any atom is 0.336 e. The van der Waals surface area contributed by atoms with Crippen LogP contribution in [0, 0.1) is 13.8 Å². The summed E-state index contributed by atoms with van der Waals surface area (Å²) in [6, 6.07) is 19.6. The summed E-state index contributed by atoms with van der Waals surface area (Å²) in [6.45, 7) is 5.33. The SMILES string of the molecule is Cc1ccc2c(-c3cc4c(CNCc5ccccc5)cnc(C)c4o3)cc(=O)oc2c1.Cl. The number of hydrogen-bond acceptors (Lipinski definition) is 5. The Kier molecular flexibility index (Phi) is 6.12. The lowest BCUT2D eigenvalue weighted by atomic mass is 10.1. The average Bonchev–Trinajstić information content (AvgIpc) is 3.22. The predicted octanol–water partition coefficient (Wildman–Crippen LogP) is 5.93. The van der Waals surface area contributed by atoms with Crippen LogP contribution in [0.4, 0.5) is 0 Å². The molecule has 6 heteroatoms. The van der Waals surface area contributed by atoms with E-state index < -0.39 is 5.63 Å². The van der Waals surface area contributed by atoms with Crippen molar-refractivity contribution in [1.29, 1.82) is 0 Å². The number of rotatable bonds is 5. The average molecular weight is 447 g/mol. The Bertz CT molecular complexity index is 1460. The maximum absolute atomic E-state index is 12.2. The Balaban J connectivity index is 0.00000245. The van der Waals surface area contributed by atoms with Crippen LogP contribution < -0.4 is 10.9 Å². The molecule has 5 rings (SSSR count). The monoisotopic (exact) mass is 446 g/mol. The first-order chi connectivity index (χ1) is 15.1. The molecule has 0 aliphatic rings. The fourth-order valence-corrected chi connectivity index (χ4v) is 3.89. The minimum Gasteiger partial charge on any atom is -0.454 e. The molecule has 0 radical (unpaired) electrons. The van der Waals surface area contributed by atoms with Gasteiger partial charge < -0.3 is 14.2 Å². The molecule has 0 saturated heterocycles. The van der Waals surface area contributed by atoms with Gasteiger partial charge in [-0.1, -0.05) is 42.5 Å². The van der Waals surface area contributed by atoms with Crippen LogP contribution in [0.3, 0.4) is 0 Å². The molecule has 0 fully saturated rings. The number of hydrogen-bond donors (Lipinski definition) is 1. The number of fused-ring (bicyclic) bond motifs is 2. The van der Waals surface area contributed by atoms with Gasteiger partial charge >= 0.3 is 5.63 Å². The highest BCUT2D eigenvalue weighted by Gasteiger charge is 2.16. The summed E-state index contributed by atoms with van der Waals surface area (Å²) in [5, 5.41) is 5.32. The molecule has 5 aromatic rings. The van der Waals surface area contributed by atoms with Crippen LogP contribution in [0.15, 0.2) is 80.5 Å². The van der Waals surface area contributed by atoms with Gasteiger partial charge in [-0.15, -0.1) is 12.4 Å². The van der Waals surface area contributed by atoms with E-state index in [-0.39, 0.29) is 12.4 Å². The standard InChI is InChI=1S/C26H22N2O3.ClH/c1-16-8-9-20-22(12-25(29)30-23(20)10-16)24-11-21-19(15-28-17(2)26(21)31-24)14-27-13-18-6-4-3-5-7-18;/h3-12,15,27H,13-14H2,1-2H3;1H. The largest absolute Gasteiger partial charge is 0.454 e. The second-order valence-corrected chi connectivity index (χ2v) is 7.79. The topological polar surface area (TPSA) is 68.3 Å². The number of furan rings is 1. The van der Waals surface area contributed by atoms with E-state index >= 15 is 0 Å². The van der Waals surface area contributed by atoms with E-state index in [1.807, 2.05) is 62.5 Å². The van der Waals surface area contributed by atoms with Crippen molar-refractivity contribution < 1.29 is 8.83 Å². The van der Waals surface area contributed by atoms with Crippen molar-refractivity contribution in [2.75, 3.05) is 0 Å². The second kappa shape index (κ2) is 8.99. The zero-order chi connectivity index (χ0) is 21.4. The zero-order valence-electron chi connectivity index (χ0n) is 17.8. The molecule has 0 bridgehead atoms. The van der Waals surface area contributed by atoms with Crippen molar-refractivity contribution in [1.82, 2.24) is 10.3 Å². The third-order valence-electron chi connectivity index (χ3n) is 5.47. The number of benzene rings is 2. The minimum absolute atomic E-state index is 0. The number of aromatic nitrogens is 1. The van der Waals surface area contributed by atoms with Gasteiger partial charge in [0.25, 0.3) is 0 Å². The second-order valence-electron chi connectivity index (χ2n) is 7.79. The highest BCUT2D eigenvalue weighted by atomic mass is 35.5. The first-order valence-electron chi connectivity index (χ1n) is 10.3. The van der Waals surface area contributed by atoms with Crippen molar-refractivity contribution in [2.24, 2.45) is 0 Å². The molecule has 3 aromatic heterocycles. The van der Waals surface area contributed by atoms with Crippen LogP contribution >= 0.6 is 12.4 Å². The molecule has 0 amide bonds. The molecule has 2 aromatic carbocycles. The molecule has 32 heavy (non-hydrogen) atoms. The summed E-state index contributed by atoms with van der Waals surface area (Å²) < 4.78 is 11.6. The molecular formula is C26H23ClN2O3. The summed E-state index contributed by atoms with van der Waals surface area (Å²) >= 11 is 0. The van der Waals surface area contributed by atoms with E-state index in [1.54, 1.807) is 0 Å². The molecule has 0 saturated carbocycles. The summed E-state index contributed by atoms with van der Waals surface area (Å²) in [6.07, 6.45) is 1.88. The number of pyridine rings is 1. The Morgan fingerprint density at radius 3 is 2.53 bits per heavy atom. The summed E-state index contributed by atoms with van der Waals surface area (Å²) in [7, 11) is 0. The van der Waals surface area contributed by atoms with Crippen molar-refractivity contribution >= 4 is 34.3 Å². The molecular weight excluding hydrogens is 424 g/mol. The lowest BCUT2D eigenvalue weighted by Gasteiger charge is -2.06. The summed E-state index contributed by atoms with van der Waals surface area (Å²) in [5.74, 6) is 0.636. The fraction of sp³-hybridized carbons (Fsp3) is 0.154. The molecule has 0 unspecified atom stereocenters. The van der Waals surface area contributed by atoms with Crippen molar-refractivity contribution in [3.05, 3.63) is 99.7 Å². The first-order valence-corrected chi connectivity index (χ1v) is 10.3. The summed E-state index contributed by atoms with van der Waals surface area (Å²) in [4.78, 5) is 16.7. The van der Waals surface area contributed by atoms with Gasteiger partial charge in [0.1, 0.15) is 11.3 Å². The van der Waals surface area contributed by atoms with E-state index in [0.717, 1.165) is 45.3 Å². The number of halogens is 1. The third-order valence-corrected chi connectivity index (χ3v) is 5.47. The van der Waals surface area contributed by atoms with Crippen LogP contribution in [-0.2, 0) is 13.1 Å². The Morgan fingerprint density at radius 1 is 0.906 bits per heavy atom. The van der Waals surface area contributed by atoms with E-state index in [9.17, 15) is 4.79 Å². The van der Waals surface area contributed by atoms with Gasteiger partial charge in [-0.2, -0.15) is 0 Å². The minimum atomic E-state index is -0.395. The van der Waals surface area contributed by atoms with Crippen LogP contribution in [0.25, 0.3) is 33.3 Å². The van der Waals surface area contributed by atoms with Crippen molar-refractivity contribution in [2.45, 2.75) is 26.9 Å². The Labute approximate surface area is 191 Å². The Morgan fingerprint density at radius 2 is 1.72 bits per heavy atom. The quantitative estimate of drug-likeness (QED) is 0.339. The van der Waals surface area contributed by atoms with Crippen LogP contribution in [0.5, 0.6) is 0 Å². The molecule has 0 spiro atoms. The van der Waals surface area contributed by atoms with Gasteiger partial charge in [-0.3, -0.25) is 4.98 Å². The normalized spacial score (nSPS) is 11.1. The molecule has 5 nitrogen and oxygen atoms in total. The number of nitrogens with one attached hydrogen (secondary N) is 1. The lowest BCUT2D eigenvalue weighted by molar-refractivity contribution is 0.559. The van der Waals surface area contributed by atoms with Gasteiger partial charge in [-0.05, 0) is 42.7 Å². The van der Waals surface area contributed by atoms with Crippen LogP contribution in [-0.4, -0.2) is 4.98 Å². The highest BCUT2D eigenvalue weighted by molar-refractivity contribution is 5.95. The third kappa shape index (κ3) is 4.17. The van der Waals surface area contributed by atoms with Gasteiger partial charge in [0.05, 0.1) is 5.69 Å². The number of nitrogens with zero attached hydrogens (tertiary/aromatic N) is 1. The smallest absolute Gasteiger partial charge is 0.336 e. The zero-order valence-corrected chi connectivity index (χ0v) is 18.7. The van der Waals surface area contributed by atoms with Gasteiger partial charge in [0.15, 0.2) is 5.58 Å². The van der Waals surface area contributed by atoms with Crippen LogP contribution in [0.2, 0.25) is 0 Å². The van der Waals surface area contributed by atoms with Gasteiger partial charge in [-0.25, -0.2) is 4.79 Å². The van der Waals surface area contributed by atoms with Gasteiger partial charge in [0, 0.05) is 41.7 Å². The molecule has 0 aliphatic heterocycles. The predicted molar refractivity (Wildman–Crippen MR) is 129 cm³/mol. The van der Waals surface area contributed by atoms with E-state index in [0.29, 0.717) is 17.9 Å². The summed E-state index contributed by atoms with van der Waals surface area (Å²) in [5.41, 5.74) is 5.75. The number of aryl methyl sites for hydroxylation is 2. The van der Waals surface area contributed by atoms with E-state index in [1.165, 1.54) is 11.6 Å². The van der Waals surface area contributed by atoms with Crippen molar-refractivity contribution in [3.8, 4) is 11.3 Å². The van der Waals surface area contributed by atoms with Crippen molar-refractivity contribution in [3.63, 3.8) is 0 Å². The highest BCUT2D eigenvalue weighted by Crippen LogP contribution is 2.34. The molecule has 3 heterocycles. The van der Waals surface area contributed by atoms with E-state index in [4.69, 9.17) is 8.83 Å². The molecule has 0 aliphatic carbocycles. The first kappa shape index (κ1) is 21.8. The molecule has 1 N–H and O–H groups in total. The lowest BCUT2D eigenvalue weighted by Crippen LogP contribution is -2.13. The van der Waals surface area contributed by atoms with E-state index in [2.05, 4.69) is 22.4 Å². The van der Waals surface area contributed by atoms with Gasteiger partial charge in [0.2, 0.25) is 0 Å². The van der Waals surface area contributed by atoms with Crippen LogP contribution in [0.1, 0.15) is 22.4 Å². The fourth-order valence-electron chi connectivity index (χ4n) is 3.89.